The van der Waals surface area contributed by atoms with E-state index in [1.165, 1.54) is 4.57 Å². The van der Waals surface area contributed by atoms with Crippen LogP contribution in [0.4, 0.5) is 9.18 Å². The van der Waals surface area contributed by atoms with Gasteiger partial charge in [0, 0.05) is 24.3 Å². The van der Waals surface area contributed by atoms with Crippen LogP contribution in [0.25, 0.3) is 10.9 Å². The van der Waals surface area contributed by atoms with Crippen LogP contribution in [0.15, 0.2) is 48.5 Å². The van der Waals surface area contributed by atoms with Crippen molar-refractivity contribution in [2.75, 3.05) is 6.67 Å². The summed E-state index contributed by atoms with van der Waals surface area (Å²) in [7, 11) is 1.63. The molecule has 2 heterocycles. The Balaban J connectivity index is 1.55. The number of aromatic carboxylic acids is 1. The Bertz CT molecular complexity index is 1730. The van der Waals surface area contributed by atoms with Crippen LogP contribution < -0.4 is 11.1 Å². The van der Waals surface area contributed by atoms with E-state index in [9.17, 15) is 28.7 Å². The molecule has 12 heteroatoms. The van der Waals surface area contributed by atoms with Crippen LogP contribution in [0.3, 0.4) is 0 Å². The number of carbonyl (C=O) groups excluding carboxylic acids is 3. The van der Waals surface area contributed by atoms with E-state index in [4.69, 9.17) is 22.1 Å². The first-order valence-electron chi connectivity index (χ1n) is 16.9. The molecular weight excluding hydrogens is 651 g/mol. The third-order valence-corrected chi connectivity index (χ3v) is 10.9. The molecule has 0 bridgehead atoms. The summed E-state index contributed by atoms with van der Waals surface area (Å²) >= 11 is 6.80. The number of alkyl halides is 1. The number of nitrogens with one attached hydrogen (secondary N) is 1. The lowest BCUT2D eigenvalue weighted by atomic mass is 9.75. The van der Waals surface area contributed by atoms with Crippen LogP contribution in [-0.2, 0) is 21.4 Å². The number of hydrogen-bond donors (Lipinski definition) is 3. The van der Waals surface area contributed by atoms with Gasteiger partial charge in [-0.2, -0.15) is 0 Å². The number of likely N-dealkylation sites (tertiary alicyclic amines) is 1. The molecule has 49 heavy (non-hydrogen) atoms. The van der Waals surface area contributed by atoms with Crippen LogP contribution >= 0.6 is 11.6 Å². The topological polar surface area (TPSA) is 144 Å². The molecule has 5 rings (SSSR count). The van der Waals surface area contributed by atoms with E-state index < -0.39 is 59.7 Å². The van der Waals surface area contributed by atoms with Crippen molar-refractivity contribution in [1.82, 2.24) is 14.8 Å². The SMILES string of the molecule is CC[C@@]1(C(N)=O)[C@@H](c2ccccc2)CC(c2cccc3c2c(Cl)c(C(=O)O)n3C)N1C(=O)C1CCC(C(CF)NC(=O)OC(C)(C)C)CC1. The molecule has 264 valence electrons. The summed E-state index contributed by atoms with van der Waals surface area (Å²) in [6.45, 7) is 6.30. The number of fused-ring (bicyclic) bond motifs is 1. The van der Waals surface area contributed by atoms with Gasteiger partial charge in [-0.05, 0) is 82.4 Å². The van der Waals surface area contributed by atoms with Gasteiger partial charge in [0.25, 0.3) is 0 Å². The minimum absolute atomic E-state index is 0.0626. The summed E-state index contributed by atoms with van der Waals surface area (Å²) < 4.78 is 21.1. The Morgan fingerprint density at radius 3 is 2.29 bits per heavy atom. The lowest BCUT2D eigenvalue weighted by molar-refractivity contribution is -0.151. The molecule has 1 aliphatic carbocycles. The average Bonchev–Trinajstić information content (AvgIpc) is 3.55. The van der Waals surface area contributed by atoms with Gasteiger partial charge in [-0.3, -0.25) is 9.59 Å². The van der Waals surface area contributed by atoms with Crippen molar-refractivity contribution in [2.24, 2.45) is 24.6 Å². The summed E-state index contributed by atoms with van der Waals surface area (Å²) in [5.74, 6) is -3.17. The molecule has 3 amide bonds. The van der Waals surface area contributed by atoms with Crippen LogP contribution in [0.2, 0.25) is 5.02 Å². The highest BCUT2D eigenvalue weighted by Gasteiger charge is 2.60. The van der Waals surface area contributed by atoms with Gasteiger partial charge in [0.15, 0.2) is 0 Å². The monoisotopic (exact) mass is 696 g/mol. The van der Waals surface area contributed by atoms with Gasteiger partial charge >= 0.3 is 12.1 Å². The predicted molar refractivity (Wildman–Crippen MR) is 185 cm³/mol. The second-order valence-corrected chi connectivity index (χ2v) is 14.7. The molecule has 2 unspecified atom stereocenters. The summed E-state index contributed by atoms with van der Waals surface area (Å²) in [6, 6.07) is 13.5. The number of alkyl carbamates (subject to hydrolysis) is 1. The maximum Gasteiger partial charge on any atom is 0.407 e. The molecule has 1 aliphatic heterocycles. The molecular formula is C37H46ClFN4O6. The Hall–Kier alpha value is -4.12. The molecule has 0 radical (unpaired) electrons. The lowest BCUT2D eigenvalue weighted by Gasteiger charge is -2.44. The zero-order valence-electron chi connectivity index (χ0n) is 28.7. The third kappa shape index (κ3) is 6.61. The molecule has 3 aromatic rings. The largest absolute Gasteiger partial charge is 0.477 e. The number of carboxylic acid groups (broad SMARTS) is 1. The molecule has 4 atom stereocenters. The fourth-order valence-corrected chi connectivity index (χ4v) is 8.66. The van der Waals surface area contributed by atoms with Gasteiger partial charge < -0.3 is 30.4 Å². The van der Waals surface area contributed by atoms with Crippen molar-refractivity contribution < 1.29 is 33.4 Å². The van der Waals surface area contributed by atoms with Crippen molar-refractivity contribution in [1.29, 1.82) is 0 Å². The number of carboxylic acids is 1. The van der Waals surface area contributed by atoms with Crippen molar-refractivity contribution >= 4 is 46.4 Å². The second kappa shape index (κ2) is 14.0. The van der Waals surface area contributed by atoms with Gasteiger partial charge in [-0.15, -0.1) is 0 Å². The summed E-state index contributed by atoms with van der Waals surface area (Å²) in [5.41, 5.74) is 6.22. The van der Waals surface area contributed by atoms with Crippen LogP contribution in [-0.4, -0.2) is 62.3 Å². The number of aryl methyl sites for hydroxylation is 1. The number of halogens is 2. The first-order chi connectivity index (χ1) is 23.2. The Labute approximate surface area is 291 Å². The normalized spacial score (nSPS) is 24.8. The van der Waals surface area contributed by atoms with Crippen molar-refractivity contribution in [3.8, 4) is 0 Å². The number of benzene rings is 2. The molecule has 2 aromatic carbocycles. The summed E-state index contributed by atoms with van der Waals surface area (Å²) in [6.07, 6.45) is 1.74. The highest BCUT2D eigenvalue weighted by molar-refractivity contribution is 6.39. The second-order valence-electron chi connectivity index (χ2n) is 14.4. The number of carbonyl (C=O) groups is 4. The quantitative estimate of drug-likeness (QED) is 0.222. The van der Waals surface area contributed by atoms with E-state index >= 15 is 0 Å². The minimum atomic E-state index is -1.39. The maximum atomic E-state index is 14.9. The minimum Gasteiger partial charge on any atom is -0.477 e. The molecule has 1 aromatic heterocycles. The Morgan fingerprint density at radius 2 is 1.73 bits per heavy atom. The van der Waals surface area contributed by atoms with Gasteiger partial charge in [0.1, 0.15) is 23.5 Å². The summed E-state index contributed by atoms with van der Waals surface area (Å²) in [4.78, 5) is 55.1. The van der Waals surface area contributed by atoms with E-state index in [1.807, 2.05) is 43.3 Å². The fourth-order valence-electron chi connectivity index (χ4n) is 8.25. The number of nitrogens with two attached hydrogens (primary N) is 1. The van der Waals surface area contributed by atoms with Crippen molar-refractivity contribution in [3.05, 3.63) is 70.4 Å². The van der Waals surface area contributed by atoms with E-state index in [0.29, 0.717) is 48.6 Å². The van der Waals surface area contributed by atoms with E-state index in [-0.39, 0.29) is 29.0 Å². The van der Waals surface area contributed by atoms with Gasteiger partial charge in [-0.1, -0.05) is 61.0 Å². The standard InChI is InChI=1S/C37H46ClFN4O6/c1-6-37(34(40)47)25(21-11-8-7-9-12-21)19-28(24-13-10-14-27-29(24)30(38)31(33(45)46)42(27)5)43(37)32(44)23-17-15-22(16-18-23)26(20-39)41-35(48)49-36(2,3)4/h7-14,22-23,25-26,28H,6,15-20H2,1-5H3,(H2,40,47)(H,41,48)(H,45,46)/t22?,23?,25-,26?,28?,37+/m1/s1. The van der Waals surface area contributed by atoms with Gasteiger partial charge in [0.05, 0.1) is 22.6 Å². The number of rotatable bonds is 9. The molecule has 1 saturated heterocycles. The highest BCUT2D eigenvalue weighted by atomic mass is 35.5. The third-order valence-electron chi connectivity index (χ3n) is 10.5. The molecule has 0 spiro atoms. The van der Waals surface area contributed by atoms with Crippen molar-refractivity contribution in [3.63, 3.8) is 0 Å². The average molecular weight is 697 g/mol. The molecule has 4 N–H and O–H groups in total. The first-order valence-corrected chi connectivity index (χ1v) is 17.3. The van der Waals surface area contributed by atoms with Crippen LogP contribution in [0.1, 0.15) is 99.8 Å². The van der Waals surface area contributed by atoms with Crippen molar-refractivity contribution in [2.45, 2.75) is 95.4 Å². The smallest absolute Gasteiger partial charge is 0.407 e. The molecule has 10 nitrogen and oxygen atoms in total. The van der Waals surface area contributed by atoms with Crippen LogP contribution in [0, 0.1) is 11.8 Å². The lowest BCUT2D eigenvalue weighted by Crippen LogP contribution is -2.60. The van der Waals surface area contributed by atoms with E-state index in [2.05, 4.69) is 5.32 Å². The predicted octanol–water partition coefficient (Wildman–Crippen LogP) is 6.89. The molecule has 1 saturated carbocycles. The Morgan fingerprint density at radius 1 is 1.08 bits per heavy atom. The maximum absolute atomic E-state index is 14.9. The number of hydrogen-bond acceptors (Lipinski definition) is 5. The highest BCUT2D eigenvalue weighted by Crippen LogP contribution is 2.55. The van der Waals surface area contributed by atoms with E-state index in [0.717, 1.165) is 5.56 Å². The Kier molecular flexibility index (Phi) is 10.3. The molecule has 2 aliphatic rings. The molecule has 2 fully saturated rings. The van der Waals surface area contributed by atoms with E-state index in [1.54, 1.807) is 44.9 Å². The van der Waals surface area contributed by atoms with Gasteiger partial charge in [0.2, 0.25) is 11.8 Å². The zero-order chi connectivity index (χ0) is 35.8. The number of nitrogens with zero attached hydrogens (tertiary/aromatic N) is 2. The zero-order valence-corrected chi connectivity index (χ0v) is 29.4. The fraction of sp³-hybridized carbons (Fsp3) is 0.514. The van der Waals surface area contributed by atoms with Crippen LogP contribution in [0.5, 0.6) is 0 Å². The number of aromatic nitrogens is 1. The number of amides is 3. The first kappa shape index (κ1) is 36.2. The van der Waals surface area contributed by atoms with Gasteiger partial charge in [-0.25, -0.2) is 14.0 Å². The number of ether oxygens (including phenoxy) is 1. The summed E-state index contributed by atoms with van der Waals surface area (Å²) in [5, 5.41) is 13.2. The number of primary amides is 1.